The molecule has 25 heavy (non-hydrogen) atoms. The van der Waals surface area contributed by atoms with Crippen molar-refractivity contribution in [3.63, 3.8) is 0 Å². The van der Waals surface area contributed by atoms with Crippen LogP contribution in [-0.4, -0.2) is 29.8 Å². The van der Waals surface area contributed by atoms with Crippen LogP contribution in [0.15, 0.2) is 47.4 Å². The van der Waals surface area contributed by atoms with E-state index in [0.29, 0.717) is 15.3 Å². The summed E-state index contributed by atoms with van der Waals surface area (Å²) in [5.74, 6) is -0.170. The zero-order valence-corrected chi connectivity index (χ0v) is 16.9. The van der Waals surface area contributed by atoms with Crippen molar-refractivity contribution >= 4 is 47.4 Å². The predicted octanol–water partition coefficient (Wildman–Crippen LogP) is 6.35. The Morgan fingerprint density at radius 3 is 2.40 bits per heavy atom. The average Bonchev–Trinajstić information content (AvgIpc) is 2.60. The lowest BCUT2D eigenvalue weighted by Crippen LogP contribution is -2.36. The van der Waals surface area contributed by atoms with Crippen LogP contribution in [-0.2, 0) is 6.42 Å². The van der Waals surface area contributed by atoms with E-state index in [2.05, 4.69) is 4.90 Å². The smallest absolute Gasteiger partial charge is 0.123 e. The van der Waals surface area contributed by atoms with Gasteiger partial charge in [0.25, 0.3) is 0 Å². The van der Waals surface area contributed by atoms with Crippen LogP contribution < -0.4 is 0 Å². The van der Waals surface area contributed by atoms with E-state index in [0.717, 1.165) is 43.8 Å². The third kappa shape index (κ3) is 6.04. The molecule has 0 saturated carbocycles. The molecule has 6 heteroatoms. The van der Waals surface area contributed by atoms with Gasteiger partial charge >= 0.3 is 0 Å². The van der Waals surface area contributed by atoms with Crippen molar-refractivity contribution in [2.45, 2.75) is 29.4 Å². The number of benzene rings is 2. The first kappa shape index (κ1) is 20.9. The van der Waals surface area contributed by atoms with Gasteiger partial charge in [0.15, 0.2) is 0 Å². The van der Waals surface area contributed by atoms with E-state index in [4.69, 9.17) is 23.2 Å². The number of likely N-dealkylation sites (tertiary alicyclic amines) is 1. The molecule has 2 aromatic carbocycles. The van der Waals surface area contributed by atoms with Crippen molar-refractivity contribution in [2.75, 3.05) is 19.6 Å². The van der Waals surface area contributed by atoms with Gasteiger partial charge in [0.05, 0.1) is 10.0 Å². The summed E-state index contributed by atoms with van der Waals surface area (Å²) in [6.07, 6.45) is 3.27. The third-order valence-corrected chi connectivity index (χ3v) is 6.70. The van der Waals surface area contributed by atoms with Crippen LogP contribution in [0.1, 0.15) is 18.4 Å². The van der Waals surface area contributed by atoms with Crippen LogP contribution in [0, 0.1) is 5.82 Å². The number of thioether (sulfide) groups is 1. The Bertz CT molecular complexity index is 673. The van der Waals surface area contributed by atoms with Gasteiger partial charge < -0.3 is 4.90 Å². The summed E-state index contributed by atoms with van der Waals surface area (Å²) in [4.78, 5) is 3.56. The third-order valence-electron chi connectivity index (χ3n) is 4.37. The summed E-state index contributed by atoms with van der Waals surface area (Å²) < 4.78 is 12.9. The molecule has 0 amide bonds. The van der Waals surface area contributed by atoms with E-state index in [1.807, 2.05) is 42.1 Å². The van der Waals surface area contributed by atoms with E-state index >= 15 is 0 Å². The molecule has 136 valence electrons. The minimum Gasteiger partial charge on any atom is -0.303 e. The van der Waals surface area contributed by atoms with Crippen LogP contribution >= 0.6 is 47.4 Å². The molecule has 1 aliphatic heterocycles. The van der Waals surface area contributed by atoms with Crippen molar-refractivity contribution < 1.29 is 4.39 Å². The fraction of sp³-hybridized carbons (Fsp3) is 0.368. The second-order valence-electron chi connectivity index (χ2n) is 6.09. The Hall–Kier alpha value is -0.450. The molecule has 0 unspecified atom stereocenters. The molecule has 0 N–H and O–H groups in total. The quantitative estimate of drug-likeness (QED) is 0.554. The molecule has 1 saturated heterocycles. The first-order valence-electron chi connectivity index (χ1n) is 8.19. The van der Waals surface area contributed by atoms with Gasteiger partial charge in [0.1, 0.15) is 5.82 Å². The van der Waals surface area contributed by atoms with Gasteiger partial charge in [-0.3, -0.25) is 0 Å². The SMILES string of the molecule is Cl.Fc1ccc(CCN2CCC(Sc3cccc(Cl)c3Cl)CC2)cc1. The van der Waals surface area contributed by atoms with E-state index in [1.165, 1.54) is 17.7 Å². The highest BCUT2D eigenvalue weighted by molar-refractivity contribution is 8.00. The van der Waals surface area contributed by atoms with Crippen LogP contribution in [0.25, 0.3) is 0 Å². The highest BCUT2D eigenvalue weighted by Crippen LogP contribution is 2.37. The average molecular weight is 421 g/mol. The van der Waals surface area contributed by atoms with Crippen molar-refractivity contribution in [2.24, 2.45) is 0 Å². The van der Waals surface area contributed by atoms with Gasteiger partial charge in [-0.2, -0.15) is 0 Å². The number of rotatable bonds is 5. The molecule has 1 nitrogen and oxygen atoms in total. The minimum absolute atomic E-state index is 0. The van der Waals surface area contributed by atoms with Gasteiger partial charge in [0.2, 0.25) is 0 Å². The molecule has 0 aliphatic carbocycles. The Balaban J connectivity index is 0.00000225. The van der Waals surface area contributed by atoms with Crippen LogP contribution in [0.3, 0.4) is 0 Å². The normalized spacial score (nSPS) is 15.8. The Morgan fingerprint density at radius 1 is 1.04 bits per heavy atom. The molecular weight excluding hydrogens is 400 g/mol. The lowest BCUT2D eigenvalue weighted by Gasteiger charge is -2.31. The van der Waals surface area contributed by atoms with Gasteiger partial charge in [-0.05, 0) is 62.2 Å². The number of piperidine rings is 1. The van der Waals surface area contributed by atoms with E-state index in [9.17, 15) is 4.39 Å². The number of hydrogen-bond donors (Lipinski definition) is 0. The summed E-state index contributed by atoms with van der Waals surface area (Å²) in [6.45, 7) is 3.22. The van der Waals surface area contributed by atoms with Gasteiger partial charge in [-0.25, -0.2) is 4.39 Å². The molecule has 1 aliphatic rings. The standard InChI is InChI=1S/C19H20Cl2FNS.ClH/c20-17-2-1-3-18(19(17)21)24-16-9-12-23(13-10-16)11-8-14-4-6-15(22)7-5-14;/h1-7,16H,8-13H2;1H. The van der Waals surface area contributed by atoms with Crippen LogP contribution in [0.5, 0.6) is 0 Å². The monoisotopic (exact) mass is 419 g/mol. The number of hydrogen-bond acceptors (Lipinski definition) is 2. The van der Waals surface area contributed by atoms with Crippen molar-refractivity contribution in [3.05, 3.63) is 63.9 Å². The minimum atomic E-state index is -0.170. The van der Waals surface area contributed by atoms with E-state index in [1.54, 1.807) is 0 Å². The summed E-state index contributed by atoms with van der Waals surface area (Å²) in [5, 5.41) is 1.88. The molecule has 1 fully saturated rings. The molecule has 0 bridgehead atoms. The molecule has 0 atom stereocenters. The highest BCUT2D eigenvalue weighted by atomic mass is 35.5. The van der Waals surface area contributed by atoms with Crippen molar-refractivity contribution in [3.8, 4) is 0 Å². The van der Waals surface area contributed by atoms with Crippen LogP contribution in [0.2, 0.25) is 10.0 Å². The summed E-state index contributed by atoms with van der Waals surface area (Å²) in [6, 6.07) is 12.6. The number of nitrogens with zero attached hydrogens (tertiary/aromatic N) is 1. The molecule has 0 radical (unpaired) electrons. The fourth-order valence-electron chi connectivity index (χ4n) is 2.94. The molecular formula is C19H21Cl3FNS. The van der Waals surface area contributed by atoms with Gasteiger partial charge in [-0.1, -0.05) is 41.4 Å². The van der Waals surface area contributed by atoms with E-state index < -0.39 is 0 Å². The van der Waals surface area contributed by atoms with Crippen LogP contribution in [0.4, 0.5) is 4.39 Å². The Kier molecular flexibility index (Phi) is 8.37. The predicted molar refractivity (Wildman–Crippen MR) is 109 cm³/mol. The number of halogens is 4. The Morgan fingerprint density at radius 2 is 1.72 bits per heavy atom. The zero-order valence-electron chi connectivity index (χ0n) is 13.8. The summed E-state index contributed by atoms with van der Waals surface area (Å²) in [7, 11) is 0. The summed E-state index contributed by atoms with van der Waals surface area (Å²) in [5.41, 5.74) is 1.19. The maximum atomic E-state index is 12.9. The van der Waals surface area contributed by atoms with E-state index in [-0.39, 0.29) is 18.2 Å². The fourth-order valence-corrected chi connectivity index (χ4v) is 4.61. The second kappa shape index (κ2) is 10.0. The maximum Gasteiger partial charge on any atom is 0.123 e. The molecule has 2 aromatic rings. The van der Waals surface area contributed by atoms with Crippen molar-refractivity contribution in [1.82, 2.24) is 4.90 Å². The second-order valence-corrected chi connectivity index (χ2v) is 8.21. The highest BCUT2D eigenvalue weighted by Gasteiger charge is 2.21. The summed E-state index contributed by atoms with van der Waals surface area (Å²) >= 11 is 14.2. The largest absolute Gasteiger partial charge is 0.303 e. The Labute approximate surface area is 169 Å². The maximum absolute atomic E-state index is 12.9. The molecule has 3 rings (SSSR count). The first-order chi connectivity index (χ1) is 11.6. The molecule has 0 spiro atoms. The molecule has 0 aromatic heterocycles. The molecule has 1 heterocycles. The zero-order chi connectivity index (χ0) is 16.9. The lowest BCUT2D eigenvalue weighted by molar-refractivity contribution is 0.235. The van der Waals surface area contributed by atoms with Gasteiger partial charge in [0, 0.05) is 16.7 Å². The lowest BCUT2D eigenvalue weighted by atomic mass is 10.1. The van der Waals surface area contributed by atoms with Crippen molar-refractivity contribution in [1.29, 1.82) is 0 Å². The van der Waals surface area contributed by atoms with Gasteiger partial charge in [-0.15, -0.1) is 24.2 Å². The first-order valence-corrected chi connectivity index (χ1v) is 9.83. The topological polar surface area (TPSA) is 3.24 Å².